The Morgan fingerprint density at radius 2 is 2.20 bits per heavy atom. The van der Waals surface area contributed by atoms with Crippen molar-refractivity contribution >= 4 is 23.8 Å². The van der Waals surface area contributed by atoms with Gasteiger partial charge in [-0.1, -0.05) is 0 Å². The van der Waals surface area contributed by atoms with Gasteiger partial charge in [-0.05, 0) is 50.3 Å². The lowest BCUT2D eigenvalue weighted by atomic mass is 10.0. The van der Waals surface area contributed by atoms with Gasteiger partial charge < -0.3 is 10.2 Å². The third-order valence-electron chi connectivity index (χ3n) is 5.08. The largest absolute Gasteiger partial charge is 0.375 e. The van der Waals surface area contributed by atoms with Crippen molar-refractivity contribution in [2.24, 2.45) is 4.99 Å². The Morgan fingerprint density at radius 1 is 1.30 bits per heavy atom. The number of amides is 2. The zero-order valence-corrected chi connectivity index (χ0v) is 16.7. The molecule has 2 amide bonds. The molecule has 2 aromatic heterocycles. The molecule has 0 spiro atoms. The second-order valence-electron chi connectivity index (χ2n) is 7.34. The first kappa shape index (κ1) is 19.8. The van der Waals surface area contributed by atoms with Gasteiger partial charge >= 0.3 is 6.03 Å². The van der Waals surface area contributed by atoms with Crippen LogP contribution in [0.15, 0.2) is 60.1 Å². The van der Waals surface area contributed by atoms with Crippen LogP contribution in [0.1, 0.15) is 24.1 Å². The molecular formula is C22H23FN6O. The molecule has 2 aliphatic rings. The normalized spacial score (nSPS) is 18.7. The SMILES string of the molecule is Cc1cc(C2=CC=CN3CCC[C@@H](C3)N(C(=O)Nc3cncc(F)c3)C=N2)ccn1. The maximum Gasteiger partial charge on any atom is 0.327 e. The topological polar surface area (TPSA) is 73.7 Å². The highest BCUT2D eigenvalue weighted by molar-refractivity contribution is 5.97. The Kier molecular flexibility index (Phi) is 5.83. The molecule has 0 aliphatic carbocycles. The number of piperidine rings is 1. The monoisotopic (exact) mass is 406 g/mol. The molecule has 0 radical (unpaired) electrons. The predicted molar refractivity (Wildman–Crippen MR) is 114 cm³/mol. The van der Waals surface area contributed by atoms with E-state index in [-0.39, 0.29) is 12.1 Å². The summed E-state index contributed by atoms with van der Waals surface area (Å²) in [6.07, 6.45) is 13.6. The van der Waals surface area contributed by atoms with Crippen LogP contribution in [0.25, 0.3) is 5.70 Å². The van der Waals surface area contributed by atoms with Crippen molar-refractivity contribution in [3.8, 4) is 0 Å². The second-order valence-corrected chi connectivity index (χ2v) is 7.34. The molecule has 0 saturated carbocycles. The lowest BCUT2D eigenvalue weighted by Crippen LogP contribution is -2.49. The maximum atomic E-state index is 13.5. The van der Waals surface area contributed by atoms with E-state index in [1.807, 2.05) is 37.4 Å². The van der Waals surface area contributed by atoms with Gasteiger partial charge in [0.05, 0.1) is 36.2 Å². The number of aryl methyl sites for hydroxylation is 1. The third-order valence-corrected chi connectivity index (χ3v) is 5.08. The Balaban J connectivity index is 1.65. The molecule has 4 heterocycles. The van der Waals surface area contributed by atoms with E-state index in [4.69, 9.17) is 0 Å². The first-order valence-corrected chi connectivity index (χ1v) is 9.88. The van der Waals surface area contributed by atoms with Gasteiger partial charge in [0, 0.05) is 36.6 Å². The number of nitrogens with one attached hydrogen (secondary N) is 1. The molecule has 4 rings (SSSR count). The van der Waals surface area contributed by atoms with Crippen molar-refractivity contribution in [1.82, 2.24) is 19.8 Å². The van der Waals surface area contributed by atoms with Gasteiger partial charge in [-0.25, -0.2) is 14.2 Å². The molecular weight excluding hydrogens is 383 g/mol. The van der Waals surface area contributed by atoms with Gasteiger partial charge in [0.25, 0.3) is 0 Å². The van der Waals surface area contributed by atoms with E-state index in [0.717, 1.165) is 42.5 Å². The quantitative estimate of drug-likeness (QED) is 0.823. The molecule has 0 unspecified atom stereocenters. The highest BCUT2D eigenvalue weighted by Crippen LogP contribution is 2.21. The van der Waals surface area contributed by atoms with Crippen LogP contribution in [0.4, 0.5) is 14.9 Å². The summed E-state index contributed by atoms with van der Waals surface area (Å²) in [5.74, 6) is -0.505. The second kappa shape index (κ2) is 8.86. The minimum Gasteiger partial charge on any atom is -0.375 e. The summed E-state index contributed by atoms with van der Waals surface area (Å²) < 4.78 is 13.5. The molecule has 7 nitrogen and oxygen atoms in total. The number of nitrogens with zero attached hydrogens (tertiary/aromatic N) is 5. The fraction of sp³-hybridized carbons (Fsp3) is 0.273. The lowest BCUT2D eigenvalue weighted by molar-refractivity contribution is 0.183. The van der Waals surface area contributed by atoms with Crippen LogP contribution in [0.5, 0.6) is 0 Å². The summed E-state index contributed by atoms with van der Waals surface area (Å²) >= 11 is 0. The van der Waals surface area contributed by atoms with E-state index in [9.17, 15) is 9.18 Å². The minimum absolute atomic E-state index is 0.0489. The third kappa shape index (κ3) is 4.71. The molecule has 1 saturated heterocycles. The number of pyridine rings is 2. The molecule has 1 N–H and O–H groups in total. The number of fused-ring (bicyclic) bond motifs is 2. The van der Waals surface area contributed by atoms with Gasteiger partial charge in [0.1, 0.15) is 5.82 Å². The van der Waals surface area contributed by atoms with Crippen molar-refractivity contribution in [2.45, 2.75) is 25.8 Å². The van der Waals surface area contributed by atoms with Crippen LogP contribution in [-0.4, -0.2) is 51.3 Å². The van der Waals surface area contributed by atoms with Crippen molar-refractivity contribution < 1.29 is 9.18 Å². The molecule has 0 aromatic carbocycles. The predicted octanol–water partition coefficient (Wildman–Crippen LogP) is 3.82. The molecule has 154 valence electrons. The number of aromatic nitrogens is 2. The standard InChI is InChI=1S/C22H23FN6O/c1-16-10-17(6-7-25-16)21-5-3-9-28-8-2-4-20(14-28)29(15-26-21)22(30)27-19-11-18(23)12-24-13-19/h3,5-7,9-13,15,20H,2,4,8,14H2,1H3,(H,27,30)/t20-/m0/s1. The highest BCUT2D eigenvalue weighted by Gasteiger charge is 2.27. The summed E-state index contributed by atoms with van der Waals surface area (Å²) in [4.78, 5) is 29.5. The smallest absolute Gasteiger partial charge is 0.327 e. The van der Waals surface area contributed by atoms with Gasteiger partial charge in [-0.3, -0.25) is 14.9 Å². The van der Waals surface area contributed by atoms with E-state index in [2.05, 4.69) is 25.2 Å². The van der Waals surface area contributed by atoms with Crippen LogP contribution in [0.3, 0.4) is 0 Å². The number of urea groups is 1. The summed E-state index contributed by atoms with van der Waals surface area (Å²) in [7, 11) is 0. The Hall–Kier alpha value is -3.55. The number of anilines is 1. The average Bonchev–Trinajstić information content (AvgIpc) is 2.73. The molecule has 2 aromatic rings. The number of hydrogen-bond donors (Lipinski definition) is 1. The van der Waals surface area contributed by atoms with Crippen LogP contribution in [0.2, 0.25) is 0 Å². The van der Waals surface area contributed by atoms with Crippen LogP contribution in [0, 0.1) is 12.7 Å². The number of aliphatic imine (C=N–C) groups is 1. The number of carbonyl (C=O) groups excluding carboxylic acids is 1. The molecule has 8 heteroatoms. The van der Waals surface area contributed by atoms with Gasteiger partial charge in [0.2, 0.25) is 0 Å². The van der Waals surface area contributed by atoms with Crippen molar-refractivity contribution in [2.75, 3.05) is 18.4 Å². The number of allylic oxidation sites excluding steroid dienone is 2. The number of halogens is 1. The average molecular weight is 406 g/mol. The van der Waals surface area contributed by atoms with Gasteiger partial charge in [-0.2, -0.15) is 0 Å². The number of rotatable bonds is 2. The van der Waals surface area contributed by atoms with E-state index in [0.29, 0.717) is 12.2 Å². The molecule has 2 aliphatic heterocycles. The summed E-state index contributed by atoms with van der Waals surface area (Å²) in [5.41, 5.74) is 2.83. The van der Waals surface area contributed by atoms with Crippen LogP contribution < -0.4 is 5.32 Å². The maximum absolute atomic E-state index is 13.5. The number of hydrogen-bond acceptors (Lipinski definition) is 5. The summed E-state index contributed by atoms with van der Waals surface area (Å²) in [5, 5.41) is 2.73. The molecule has 1 fully saturated rings. The molecule has 30 heavy (non-hydrogen) atoms. The fourth-order valence-electron chi connectivity index (χ4n) is 3.63. The minimum atomic E-state index is -0.505. The summed E-state index contributed by atoms with van der Waals surface area (Å²) in [6.45, 7) is 3.56. The van der Waals surface area contributed by atoms with E-state index in [1.54, 1.807) is 17.4 Å². The first-order chi connectivity index (χ1) is 14.6. The van der Waals surface area contributed by atoms with E-state index < -0.39 is 5.82 Å². The number of carbonyl (C=O) groups is 1. The Labute approximate surface area is 174 Å². The van der Waals surface area contributed by atoms with Crippen LogP contribution in [-0.2, 0) is 0 Å². The zero-order valence-electron chi connectivity index (χ0n) is 16.7. The van der Waals surface area contributed by atoms with E-state index in [1.165, 1.54) is 12.3 Å². The molecule has 2 bridgehead atoms. The first-order valence-electron chi connectivity index (χ1n) is 9.88. The Bertz CT molecular complexity index is 1020. The van der Waals surface area contributed by atoms with Crippen molar-refractivity contribution in [1.29, 1.82) is 0 Å². The lowest BCUT2D eigenvalue weighted by Gasteiger charge is -2.37. The fourth-order valence-corrected chi connectivity index (χ4v) is 3.63. The highest BCUT2D eigenvalue weighted by atomic mass is 19.1. The van der Waals surface area contributed by atoms with Crippen molar-refractivity contribution in [3.63, 3.8) is 0 Å². The van der Waals surface area contributed by atoms with Gasteiger partial charge in [0.15, 0.2) is 0 Å². The Morgan fingerprint density at radius 3 is 3.03 bits per heavy atom. The van der Waals surface area contributed by atoms with E-state index >= 15 is 0 Å². The van der Waals surface area contributed by atoms with Crippen LogP contribution >= 0.6 is 0 Å². The van der Waals surface area contributed by atoms with Crippen molar-refractivity contribution in [3.05, 3.63) is 72.2 Å². The molecule has 1 atom stereocenters. The summed E-state index contributed by atoms with van der Waals surface area (Å²) in [6, 6.07) is 4.66. The van der Waals surface area contributed by atoms with Gasteiger partial charge in [-0.15, -0.1) is 0 Å². The zero-order chi connectivity index (χ0) is 20.9.